The zero-order valence-electron chi connectivity index (χ0n) is 9.75. The predicted molar refractivity (Wildman–Crippen MR) is 60.5 cm³/mol. The molecule has 0 radical (unpaired) electrons. The first-order valence-electron chi connectivity index (χ1n) is 5.47. The van der Waals surface area contributed by atoms with E-state index in [4.69, 9.17) is 0 Å². The number of Topliss-reactive ketones (excluding diaryl/α,β-unsaturated/α-hetero) is 1. The highest BCUT2D eigenvalue weighted by atomic mass is 32.2. The normalized spacial score (nSPS) is 25.8. The first-order valence-corrected chi connectivity index (χ1v) is 7.18. The molecule has 0 saturated carbocycles. The second kappa shape index (κ2) is 4.24. The molecule has 3 nitrogen and oxygen atoms in total. The minimum Gasteiger partial charge on any atom is -0.298 e. The fourth-order valence-electron chi connectivity index (χ4n) is 1.90. The average molecular weight is 232 g/mol. The van der Waals surface area contributed by atoms with Gasteiger partial charge in [-0.1, -0.05) is 27.2 Å². The van der Waals surface area contributed by atoms with Gasteiger partial charge in [0, 0.05) is 6.42 Å². The van der Waals surface area contributed by atoms with E-state index in [1.54, 1.807) is 0 Å². The van der Waals surface area contributed by atoms with Gasteiger partial charge in [0.1, 0.15) is 5.25 Å². The van der Waals surface area contributed by atoms with Gasteiger partial charge in [-0.15, -0.1) is 0 Å². The van der Waals surface area contributed by atoms with Gasteiger partial charge in [-0.3, -0.25) is 4.79 Å². The number of ketones is 1. The van der Waals surface area contributed by atoms with Crippen LogP contribution in [0.3, 0.4) is 0 Å². The Bertz CT molecular complexity index is 335. The van der Waals surface area contributed by atoms with Crippen molar-refractivity contribution in [1.82, 2.24) is 0 Å². The van der Waals surface area contributed by atoms with Crippen LogP contribution >= 0.6 is 0 Å². The summed E-state index contributed by atoms with van der Waals surface area (Å²) in [6.45, 7) is 6.37. The lowest BCUT2D eigenvalue weighted by atomic mass is 9.89. The van der Waals surface area contributed by atoms with Crippen LogP contribution in [-0.2, 0) is 14.6 Å². The molecule has 0 N–H and O–H groups in total. The topological polar surface area (TPSA) is 51.2 Å². The quantitative estimate of drug-likeness (QED) is 0.747. The average Bonchev–Trinajstić information content (AvgIpc) is 2.29. The maximum Gasteiger partial charge on any atom is 0.160 e. The van der Waals surface area contributed by atoms with E-state index < -0.39 is 15.1 Å². The smallest absolute Gasteiger partial charge is 0.160 e. The molecule has 4 heteroatoms. The minimum atomic E-state index is -3.10. The summed E-state index contributed by atoms with van der Waals surface area (Å²) in [6, 6.07) is 0. The van der Waals surface area contributed by atoms with E-state index in [1.165, 1.54) is 0 Å². The van der Waals surface area contributed by atoms with Gasteiger partial charge in [-0.05, 0) is 18.3 Å². The molecule has 88 valence electrons. The number of carbonyl (C=O) groups is 1. The Kier molecular flexibility index (Phi) is 3.59. The zero-order valence-corrected chi connectivity index (χ0v) is 10.6. The van der Waals surface area contributed by atoms with E-state index in [2.05, 4.69) is 20.8 Å². The van der Waals surface area contributed by atoms with Crippen molar-refractivity contribution in [3.8, 4) is 0 Å². The Hall–Kier alpha value is -0.380. The van der Waals surface area contributed by atoms with Crippen molar-refractivity contribution in [3.63, 3.8) is 0 Å². The molecule has 1 saturated heterocycles. The van der Waals surface area contributed by atoms with Crippen molar-refractivity contribution < 1.29 is 13.2 Å². The molecule has 1 fully saturated rings. The molecule has 0 spiro atoms. The fourth-order valence-corrected chi connectivity index (χ4v) is 3.72. The van der Waals surface area contributed by atoms with Crippen LogP contribution < -0.4 is 0 Å². The highest BCUT2D eigenvalue weighted by Gasteiger charge is 2.38. The second-order valence-corrected chi connectivity index (χ2v) is 7.83. The summed E-state index contributed by atoms with van der Waals surface area (Å²) < 4.78 is 23.0. The summed E-state index contributed by atoms with van der Waals surface area (Å²) in [5.41, 5.74) is 0.214. The lowest BCUT2D eigenvalue weighted by Gasteiger charge is -2.18. The summed E-state index contributed by atoms with van der Waals surface area (Å²) in [4.78, 5) is 11.4. The lowest BCUT2D eigenvalue weighted by molar-refractivity contribution is -0.117. The third kappa shape index (κ3) is 3.59. The van der Waals surface area contributed by atoms with E-state index in [0.717, 1.165) is 12.8 Å². The van der Waals surface area contributed by atoms with Crippen LogP contribution in [0.5, 0.6) is 0 Å². The van der Waals surface area contributed by atoms with Gasteiger partial charge in [-0.2, -0.15) is 0 Å². The fraction of sp³-hybridized carbons (Fsp3) is 0.909. The van der Waals surface area contributed by atoms with Crippen LogP contribution in [0.15, 0.2) is 0 Å². The molecule has 1 heterocycles. The van der Waals surface area contributed by atoms with E-state index >= 15 is 0 Å². The van der Waals surface area contributed by atoms with Gasteiger partial charge >= 0.3 is 0 Å². The molecule has 1 unspecified atom stereocenters. The Labute approximate surface area is 92.2 Å². The highest BCUT2D eigenvalue weighted by Crippen LogP contribution is 2.26. The molecule has 0 aromatic heterocycles. The number of carbonyl (C=O) groups excluding carboxylic acids is 1. The summed E-state index contributed by atoms with van der Waals surface area (Å²) in [5, 5.41) is -0.695. The number of rotatable bonds is 3. The van der Waals surface area contributed by atoms with Crippen LogP contribution in [0, 0.1) is 5.41 Å². The molecule has 0 bridgehead atoms. The standard InChI is InChI=1S/C11H20O3S/c1-11(2,3)7-4-5-10-9(12)6-8-15(10,13)14/h10H,4-8H2,1-3H3. The van der Waals surface area contributed by atoms with E-state index in [-0.39, 0.29) is 23.4 Å². The zero-order chi connectivity index (χ0) is 11.7. The SMILES string of the molecule is CC(C)(C)CCCC1C(=O)CCS1(=O)=O. The van der Waals surface area contributed by atoms with Crippen LogP contribution in [-0.4, -0.2) is 25.2 Å². The summed E-state index contributed by atoms with van der Waals surface area (Å²) in [5.74, 6) is -0.0182. The minimum absolute atomic E-state index is 0.0615. The van der Waals surface area contributed by atoms with E-state index in [9.17, 15) is 13.2 Å². The van der Waals surface area contributed by atoms with Gasteiger partial charge in [0.2, 0.25) is 0 Å². The monoisotopic (exact) mass is 232 g/mol. The molecule has 1 rings (SSSR count). The molecule has 15 heavy (non-hydrogen) atoms. The Morgan fingerprint density at radius 1 is 1.33 bits per heavy atom. The van der Waals surface area contributed by atoms with Crippen molar-refractivity contribution in [2.45, 2.75) is 51.7 Å². The van der Waals surface area contributed by atoms with E-state index in [0.29, 0.717) is 6.42 Å². The number of sulfone groups is 1. The molecule has 0 aromatic rings. The maximum atomic E-state index is 11.5. The number of hydrogen-bond donors (Lipinski definition) is 0. The van der Waals surface area contributed by atoms with Crippen molar-refractivity contribution in [1.29, 1.82) is 0 Å². The van der Waals surface area contributed by atoms with Gasteiger partial charge in [0.25, 0.3) is 0 Å². The van der Waals surface area contributed by atoms with E-state index in [1.807, 2.05) is 0 Å². The third-order valence-corrected chi connectivity index (χ3v) is 4.96. The molecular weight excluding hydrogens is 212 g/mol. The van der Waals surface area contributed by atoms with Crippen LogP contribution in [0.25, 0.3) is 0 Å². The molecular formula is C11H20O3S. The molecule has 0 amide bonds. The van der Waals surface area contributed by atoms with Crippen molar-refractivity contribution in [2.24, 2.45) is 5.41 Å². The first kappa shape index (κ1) is 12.7. The van der Waals surface area contributed by atoms with Crippen molar-refractivity contribution >= 4 is 15.6 Å². The lowest BCUT2D eigenvalue weighted by Crippen LogP contribution is -2.22. The predicted octanol–water partition coefficient (Wildman–Crippen LogP) is 1.96. The Balaban J connectivity index is 2.48. The maximum absolute atomic E-state index is 11.5. The van der Waals surface area contributed by atoms with Crippen LogP contribution in [0.2, 0.25) is 0 Å². The highest BCUT2D eigenvalue weighted by molar-refractivity contribution is 7.93. The van der Waals surface area contributed by atoms with Gasteiger partial charge < -0.3 is 0 Å². The third-order valence-electron chi connectivity index (χ3n) is 2.82. The molecule has 1 aliphatic rings. The van der Waals surface area contributed by atoms with Crippen LogP contribution in [0.4, 0.5) is 0 Å². The van der Waals surface area contributed by atoms with Crippen molar-refractivity contribution in [2.75, 3.05) is 5.75 Å². The number of hydrogen-bond acceptors (Lipinski definition) is 3. The first-order chi connectivity index (χ1) is 6.72. The summed E-state index contributed by atoms with van der Waals surface area (Å²) in [6.07, 6.45) is 2.52. The van der Waals surface area contributed by atoms with Crippen molar-refractivity contribution in [3.05, 3.63) is 0 Å². The van der Waals surface area contributed by atoms with Gasteiger partial charge in [0.15, 0.2) is 15.6 Å². The van der Waals surface area contributed by atoms with Crippen LogP contribution in [0.1, 0.15) is 46.5 Å². The summed E-state index contributed by atoms with van der Waals surface area (Å²) in [7, 11) is -3.10. The molecule has 1 aliphatic heterocycles. The van der Waals surface area contributed by atoms with Gasteiger partial charge in [0.05, 0.1) is 5.75 Å². The molecule has 0 aliphatic carbocycles. The molecule has 1 atom stereocenters. The second-order valence-electron chi connectivity index (χ2n) is 5.52. The largest absolute Gasteiger partial charge is 0.298 e. The Morgan fingerprint density at radius 2 is 1.93 bits per heavy atom. The summed E-state index contributed by atoms with van der Waals surface area (Å²) >= 11 is 0. The Morgan fingerprint density at radius 3 is 2.33 bits per heavy atom. The van der Waals surface area contributed by atoms with Gasteiger partial charge in [-0.25, -0.2) is 8.42 Å². The molecule has 0 aromatic carbocycles.